The Kier molecular flexibility index (Phi) is 2.89. The summed E-state index contributed by atoms with van der Waals surface area (Å²) in [5, 5.41) is 3.45. The quantitative estimate of drug-likeness (QED) is 0.891. The molecule has 0 saturated heterocycles. The molecule has 1 fully saturated rings. The fourth-order valence-electron chi connectivity index (χ4n) is 2.22. The molecule has 1 aromatic heterocycles. The summed E-state index contributed by atoms with van der Waals surface area (Å²) in [6, 6.07) is 16.9. The molecular weight excluding hydrogens is 224 g/mol. The van der Waals surface area contributed by atoms with E-state index in [1.807, 2.05) is 18.2 Å². The van der Waals surface area contributed by atoms with E-state index in [0.717, 1.165) is 5.82 Å². The molecule has 1 aliphatic rings. The molecule has 0 amide bonds. The van der Waals surface area contributed by atoms with Crippen LogP contribution < -0.4 is 10.1 Å². The number of ether oxygens (including phenoxy) is 1. The average Bonchev–Trinajstić information content (AvgIpc) is 3.19. The summed E-state index contributed by atoms with van der Waals surface area (Å²) in [6.45, 7) is 0. The van der Waals surface area contributed by atoms with Gasteiger partial charge in [0.2, 0.25) is 5.88 Å². The maximum atomic E-state index is 5.12. The summed E-state index contributed by atoms with van der Waals surface area (Å²) in [5.74, 6) is 2.15. The molecule has 2 aromatic rings. The molecule has 0 spiro atoms. The van der Waals surface area contributed by atoms with Gasteiger partial charge in [-0.3, -0.25) is 0 Å². The van der Waals surface area contributed by atoms with Crippen molar-refractivity contribution in [2.24, 2.45) is 0 Å². The number of benzene rings is 1. The average molecular weight is 240 g/mol. The number of nitrogens with zero attached hydrogens (tertiary/aromatic N) is 1. The van der Waals surface area contributed by atoms with Gasteiger partial charge in [-0.15, -0.1) is 0 Å². The molecule has 3 rings (SSSR count). The van der Waals surface area contributed by atoms with Gasteiger partial charge in [-0.25, -0.2) is 0 Å². The molecule has 1 aromatic carbocycles. The molecule has 0 aliphatic heterocycles. The zero-order valence-electron chi connectivity index (χ0n) is 10.3. The van der Waals surface area contributed by atoms with E-state index in [1.165, 1.54) is 12.0 Å². The molecule has 1 aliphatic carbocycles. The SMILES string of the molecule is COc1cccc(NC2CC2c2ccccc2)n1. The monoisotopic (exact) mass is 240 g/mol. The second kappa shape index (κ2) is 4.69. The Morgan fingerprint density at radius 1 is 1.11 bits per heavy atom. The molecule has 1 N–H and O–H groups in total. The van der Waals surface area contributed by atoms with Crippen molar-refractivity contribution in [3.05, 3.63) is 54.1 Å². The molecular formula is C15H16N2O. The minimum atomic E-state index is 0.493. The van der Waals surface area contributed by atoms with Crippen LogP contribution in [-0.4, -0.2) is 18.1 Å². The minimum Gasteiger partial charge on any atom is -0.481 e. The summed E-state index contributed by atoms with van der Waals surface area (Å²) >= 11 is 0. The van der Waals surface area contributed by atoms with Crippen molar-refractivity contribution in [1.29, 1.82) is 0 Å². The molecule has 3 nitrogen and oxygen atoms in total. The van der Waals surface area contributed by atoms with Gasteiger partial charge in [-0.05, 0) is 18.1 Å². The highest BCUT2D eigenvalue weighted by Gasteiger charge is 2.38. The Hall–Kier alpha value is -2.03. The number of rotatable bonds is 4. The minimum absolute atomic E-state index is 0.493. The van der Waals surface area contributed by atoms with Crippen molar-refractivity contribution in [3.63, 3.8) is 0 Å². The Balaban J connectivity index is 1.65. The van der Waals surface area contributed by atoms with Gasteiger partial charge in [0.05, 0.1) is 7.11 Å². The number of aromatic nitrogens is 1. The van der Waals surface area contributed by atoms with E-state index < -0.39 is 0 Å². The van der Waals surface area contributed by atoms with Crippen LogP contribution in [0.3, 0.4) is 0 Å². The predicted octanol–water partition coefficient (Wildman–Crippen LogP) is 3.06. The predicted molar refractivity (Wildman–Crippen MR) is 72.0 cm³/mol. The fourth-order valence-corrected chi connectivity index (χ4v) is 2.22. The largest absolute Gasteiger partial charge is 0.481 e. The van der Waals surface area contributed by atoms with Crippen LogP contribution in [-0.2, 0) is 0 Å². The number of anilines is 1. The van der Waals surface area contributed by atoms with Gasteiger partial charge in [0.1, 0.15) is 5.82 Å². The molecule has 0 radical (unpaired) electrons. The summed E-state index contributed by atoms with van der Waals surface area (Å²) in [4.78, 5) is 4.37. The third-order valence-corrected chi connectivity index (χ3v) is 3.28. The van der Waals surface area contributed by atoms with Crippen LogP contribution >= 0.6 is 0 Å². The number of hydrogen-bond acceptors (Lipinski definition) is 3. The lowest BCUT2D eigenvalue weighted by molar-refractivity contribution is 0.398. The van der Waals surface area contributed by atoms with Gasteiger partial charge in [0.15, 0.2) is 0 Å². The molecule has 0 bridgehead atoms. The molecule has 1 saturated carbocycles. The number of methoxy groups -OCH3 is 1. The molecule has 18 heavy (non-hydrogen) atoms. The highest BCUT2D eigenvalue weighted by Crippen LogP contribution is 2.42. The number of pyridine rings is 1. The molecule has 2 atom stereocenters. The van der Waals surface area contributed by atoms with E-state index in [0.29, 0.717) is 17.8 Å². The zero-order valence-corrected chi connectivity index (χ0v) is 10.3. The van der Waals surface area contributed by atoms with Gasteiger partial charge in [0, 0.05) is 18.0 Å². The van der Waals surface area contributed by atoms with E-state index in [1.54, 1.807) is 7.11 Å². The molecule has 1 heterocycles. The molecule has 3 heteroatoms. The van der Waals surface area contributed by atoms with Gasteiger partial charge in [0.25, 0.3) is 0 Å². The summed E-state index contributed by atoms with van der Waals surface area (Å²) in [7, 11) is 1.63. The first-order valence-electron chi connectivity index (χ1n) is 6.19. The van der Waals surface area contributed by atoms with Crippen molar-refractivity contribution in [1.82, 2.24) is 4.98 Å². The first-order valence-corrected chi connectivity index (χ1v) is 6.19. The Morgan fingerprint density at radius 3 is 2.72 bits per heavy atom. The van der Waals surface area contributed by atoms with E-state index >= 15 is 0 Å². The Bertz CT molecular complexity index is 527. The first kappa shape index (κ1) is 11.1. The smallest absolute Gasteiger partial charge is 0.214 e. The van der Waals surface area contributed by atoms with Crippen LogP contribution in [0.1, 0.15) is 17.9 Å². The maximum absolute atomic E-state index is 5.12. The Labute approximate surface area is 107 Å². The lowest BCUT2D eigenvalue weighted by atomic mass is 10.1. The third-order valence-electron chi connectivity index (χ3n) is 3.28. The van der Waals surface area contributed by atoms with E-state index in [-0.39, 0.29) is 0 Å². The molecule has 92 valence electrons. The van der Waals surface area contributed by atoms with Crippen molar-refractivity contribution in [2.45, 2.75) is 18.4 Å². The van der Waals surface area contributed by atoms with Crippen LogP contribution in [0, 0.1) is 0 Å². The summed E-state index contributed by atoms with van der Waals surface area (Å²) in [5.41, 5.74) is 1.40. The number of nitrogens with one attached hydrogen (secondary N) is 1. The van der Waals surface area contributed by atoms with Crippen LogP contribution in [0.2, 0.25) is 0 Å². The number of hydrogen-bond donors (Lipinski definition) is 1. The summed E-state index contributed by atoms with van der Waals surface area (Å²) in [6.07, 6.45) is 1.17. The van der Waals surface area contributed by atoms with Gasteiger partial charge in [-0.1, -0.05) is 36.4 Å². The standard InChI is InChI=1S/C15H16N2O/c1-18-15-9-5-8-14(17-15)16-13-10-12(13)11-6-3-2-4-7-11/h2-9,12-13H,10H2,1H3,(H,16,17). The lowest BCUT2D eigenvalue weighted by Crippen LogP contribution is -2.06. The maximum Gasteiger partial charge on any atom is 0.214 e. The highest BCUT2D eigenvalue weighted by molar-refractivity contribution is 5.43. The second-order valence-electron chi connectivity index (χ2n) is 4.57. The lowest BCUT2D eigenvalue weighted by Gasteiger charge is -2.06. The zero-order chi connectivity index (χ0) is 12.4. The van der Waals surface area contributed by atoms with Crippen molar-refractivity contribution in [3.8, 4) is 5.88 Å². The molecule has 2 unspecified atom stereocenters. The van der Waals surface area contributed by atoms with Crippen molar-refractivity contribution in [2.75, 3.05) is 12.4 Å². The van der Waals surface area contributed by atoms with Crippen molar-refractivity contribution >= 4 is 5.82 Å². The summed E-state index contributed by atoms with van der Waals surface area (Å²) < 4.78 is 5.12. The fraction of sp³-hybridized carbons (Fsp3) is 0.267. The topological polar surface area (TPSA) is 34.1 Å². The van der Waals surface area contributed by atoms with E-state index in [4.69, 9.17) is 4.74 Å². The van der Waals surface area contributed by atoms with Gasteiger partial charge >= 0.3 is 0 Å². The van der Waals surface area contributed by atoms with Crippen LogP contribution in [0.15, 0.2) is 48.5 Å². The van der Waals surface area contributed by atoms with Crippen molar-refractivity contribution < 1.29 is 4.74 Å². The van der Waals surface area contributed by atoms with Crippen LogP contribution in [0.4, 0.5) is 5.82 Å². The van der Waals surface area contributed by atoms with Crippen LogP contribution in [0.25, 0.3) is 0 Å². The van der Waals surface area contributed by atoms with E-state index in [2.05, 4.69) is 40.6 Å². The van der Waals surface area contributed by atoms with Crippen LogP contribution in [0.5, 0.6) is 5.88 Å². The van der Waals surface area contributed by atoms with E-state index in [9.17, 15) is 0 Å². The van der Waals surface area contributed by atoms with Gasteiger partial charge < -0.3 is 10.1 Å². The first-order chi connectivity index (χ1) is 8.86. The normalized spacial score (nSPS) is 21.4. The second-order valence-corrected chi connectivity index (χ2v) is 4.57. The highest BCUT2D eigenvalue weighted by atomic mass is 16.5. The Morgan fingerprint density at radius 2 is 1.94 bits per heavy atom. The van der Waals surface area contributed by atoms with Gasteiger partial charge in [-0.2, -0.15) is 4.98 Å². The third kappa shape index (κ3) is 2.30.